The first-order chi connectivity index (χ1) is 7.72. The zero-order valence-electron chi connectivity index (χ0n) is 9.62. The molecule has 0 radical (unpaired) electrons. The van der Waals surface area contributed by atoms with E-state index in [9.17, 15) is 4.79 Å². The predicted octanol–water partition coefficient (Wildman–Crippen LogP) is 1.05. The highest BCUT2D eigenvalue weighted by Crippen LogP contribution is 2.40. The Morgan fingerprint density at radius 2 is 2.50 bits per heavy atom. The number of methoxy groups -OCH3 is 1. The van der Waals surface area contributed by atoms with Gasteiger partial charge in [0.15, 0.2) is 0 Å². The summed E-state index contributed by atoms with van der Waals surface area (Å²) >= 11 is 0. The van der Waals surface area contributed by atoms with Crippen molar-refractivity contribution in [1.82, 2.24) is 15.5 Å². The van der Waals surface area contributed by atoms with Crippen LogP contribution < -0.4 is 5.32 Å². The Bertz CT molecular complexity index is 371. The molecule has 16 heavy (non-hydrogen) atoms. The molecule has 0 aliphatic heterocycles. The largest absolute Gasteiger partial charge is 0.383 e. The maximum Gasteiger partial charge on any atom is 0.255 e. The molecule has 5 nitrogen and oxygen atoms in total. The summed E-state index contributed by atoms with van der Waals surface area (Å²) < 4.78 is 4.97. The van der Waals surface area contributed by atoms with Crippen molar-refractivity contribution in [3.63, 3.8) is 0 Å². The molecule has 1 aromatic rings. The molecule has 1 aromatic heterocycles. The Morgan fingerprint density at radius 1 is 1.75 bits per heavy atom. The van der Waals surface area contributed by atoms with E-state index in [1.54, 1.807) is 13.3 Å². The van der Waals surface area contributed by atoms with E-state index in [0.29, 0.717) is 18.1 Å². The summed E-state index contributed by atoms with van der Waals surface area (Å²) in [6, 6.07) is 0.0134. The van der Waals surface area contributed by atoms with Crippen molar-refractivity contribution in [2.45, 2.75) is 31.7 Å². The first-order valence-electron chi connectivity index (χ1n) is 5.55. The quantitative estimate of drug-likeness (QED) is 0.784. The lowest BCUT2D eigenvalue weighted by molar-refractivity contribution is 0.0904. The molecule has 2 rings (SSSR count). The van der Waals surface area contributed by atoms with Gasteiger partial charge in [-0.2, -0.15) is 5.10 Å². The number of rotatable bonds is 5. The number of H-pyrrole nitrogens is 1. The Kier molecular flexibility index (Phi) is 3.24. The monoisotopic (exact) mass is 223 g/mol. The van der Waals surface area contributed by atoms with Crippen molar-refractivity contribution in [1.29, 1.82) is 0 Å². The molecule has 0 bridgehead atoms. The van der Waals surface area contributed by atoms with E-state index in [2.05, 4.69) is 15.5 Å². The summed E-state index contributed by atoms with van der Waals surface area (Å²) in [4.78, 5) is 11.9. The number of nitrogens with zero attached hydrogens (tertiary/aromatic N) is 1. The third kappa shape index (κ3) is 2.41. The maximum atomic E-state index is 11.9. The number of aromatic amines is 1. The van der Waals surface area contributed by atoms with Crippen LogP contribution in [0, 0.1) is 0 Å². The zero-order valence-corrected chi connectivity index (χ0v) is 9.62. The number of hydrogen-bond acceptors (Lipinski definition) is 3. The predicted molar refractivity (Wildman–Crippen MR) is 59.4 cm³/mol. The average molecular weight is 223 g/mol. The first-order valence-corrected chi connectivity index (χ1v) is 5.55. The van der Waals surface area contributed by atoms with Gasteiger partial charge in [0, 0.05) is 19.1 Å². The van der Waals surface area contributed by atoms with Gasteiger partial charge in [0.1, 0.15) is 0 Å². The van der Waals surface area contributed by atoms with Crippen molar-refractivity contribution in [2.24, 2.45) is 0 Å². The van der Waals surface area contributed by atoms with Gasteiger partial charge in [-0.25, -0.2) is 0 Å². The average Bonchev–Trinajstić information content (AvgIpc) is 2.96. The molecule has 1 aliphatic carbocycles. The van der Waals surface area contributed by atoms with Gasteiger partial charge < -0.3 is 10.1 Å². The number of amides is 1. The van der Waals surface area contributed by atoms with Crippen LogP contribution in [0.1, 0.15) is 41.7 Å². The van der Waals surface area contributed by atoms with E-state index >= 15 is 0 Å². The van der Waals surface area contributed by atoms with Crippen LogP contribution in [0.25, 0.3) is 0 Å². The molecule has 1 aliphatic rings. The fourth-order valence-corrected chi connectivity index (χ4v) is 1.75. The van der Waals surface area contributed by atoms with Crippen LogP contribution in [-0.4, -0.2) is 35.9 Å². The van der Waals surface area contributed by atoms with E-state index in [-0.39, 0.29) is 11.9 Å². The van der Waals surface area contributed by atoms with Crippen molar-refractivity contribution in [3.05, 3.63) is 17.5 Å². The van der Waals surface area contributed by atoms with Crippen LogP contribution in [0.5, 0.6) is 0 Å². The van der Waals surface area contributed by atoms with Crippen LogP contribution in [0.2, 0.25) is 0 Å². The molecule has 88 valence electrons. The molecule has 0 saturated heterocycles. The van der Waals surface area contributed by atoms with Gasteiger partial charge in [0.05, 0.1) is 24.1 Å². The number of carbonyl (C=O) groups excluding carboxylic acids is 1. The smallest absolute Gasteiger partial charge is 0.255 e. The number of carbonyl (C=O) groups is 1. The van der Waals surface area contributed by atoms with Gasteiger partial charge in [-0.05, 0) is 19.8 Å². The lowest BCUT2D eigenvalue weighted by Crippen LogP contribution is -2.35. The molecule has 1 heterocycles. The fourth-order valence-electron chi connectivity index (χ4n) is 1.75. The minimum atomic E-state index is -0.0693. The summed E-state index contributed by atoms with van der Waals surface area (Å²) in [6.45, 7) is 2.43. The first kappa shape index (κ1) is 11.1. The van der Waals surface area contributed by atoms with Gasteiger partial charge >= 0.3 is 0 Å². The van der Waals surface area contributed by atoms with Crippen molar-refractivity contribution in [3.8, 4) is 0 Å². The molecule has 1 saturated carbocycles. The molecule has 5 heteroatoms. The minimum Gasteiger partial charge on any atom is -0.383 e. The molecular weight excluding hydrogens is 206 g/mol. The van der Waals surface area contributed by atoms with Crippen LogP contribution >= 0.6 is 0 Å². The van der Waals surface area contributed by atoms with Crippen molar-refractivity contribution < 1.29 is 9.53 Å². The number of aromatic nitrogens is 2. The number of ether oxygens (including phenoxy) is 1. The Hall–Kier alpha value is -1.36. The van der Waals surface area contributed by atoms with E-state index in [4.69, 9.17) is 4.74 Å². The topological polar surface area (TPSA) is 67.0 Å². The highest BCUT2D eigenvalue weighted by atomic mass is 16.5. The van der Waals surface area contributed by atoms with Gasteiger partial charge in [0.25, 0.3) is 5.91 Å². The van der Waals surface area contributed by atoms with E-state index in [1.165, 1.54) is 0 Å². The Balaban J connectivity index is 2.00. The van der Waals surface area contributed by atoms with Gasteiger partial charge in [-0.15, -0.1) is 0 Å². The third-order valence-corrected chi connectivity index (χ3v) is 2.69. The maximum absolute atomic E-state index is 11.9. The Labute approximate surface area is 94.6 Å². The van der Waals surface area contributed by atoms with E-state index < -0.39 is 0 Å². The fraction of sp³-hybridized carbons (Fsp3) is 0.636. The molecule has 0 unspecified atom stereocenters. The second-order valence-electron chi connectivity index (χ2n) is 4.30. The molecule has 1 fully saturated rings. The second-order valence-corrected chi connectivity index (χ2v) is 4.30. The normalized spacial score (nSPS) is 17.1. The molecular formula is C11H17N3O2. The Morgan fingerprint density at radius 3 is 3.12 bits per heavy atom. The summed E-state index contributed by atoms with van der Waals surface area (Å²) in [7, 11) is 1.62. The van der Waals surface area contributed by atoms with Gasteiger partial charge in [-0.3, -0.25) is 9.89 Å². The lowest BCUT2D eigenvalue weighted by Gasteiger charge is -2.12. The number of nitrogens with one attached hydrogen (secondary N) is 2. The van der Waals surface area contributed by atoms with Crippen LogP contribution in [0.4, 0.5) is 0 Å². The van der Waals surface area contributed by atoms with Crippen molar-refractivity contribution >= 4 is 5.91 Å². The van der Waals surface area contributed by atoms with Crippen LogP contribution in [-0.2, 0) is 4.74 Å². The van der Waals surface area contributed by atoms with Crippen molar-refractivity contribution in [2.75, 3.05) is 13.7 Å². The standard InChI is InChI=1S/C11H17N3O2/c1-7(6-16-2)13-11(15)9-5-12-14-10(9)8-3-4-8/h5,7-8H,3-4,6H2,1-2H3,(H,12,14)(H,13,15)/t7-/m0/s1. The summed E-state index contributed by atoms with van der Waals surface area (Å²) in [5.41, 5.74) is 1.65. The summed E-state index contributed by atoms with van der Waals surface area (Å²) in [6.07, 6.45) is 3.90. The molecule has 0 aromatic carbocycles. The molecule has 2 N–H and O–H groups in total. The highest BCUT2D eigenvalue weighted by molar-refractivity contribution is 5.95. The molecule has 0 spiro atoms. The molecule has 1 amide bonds. The summed E-state index contributed by atoms with van der Waals surface area (Å²) in [5.74, 6) is 0.432. The molecule has 1 atom stereocenters. The van der Waals surface area contributed by atoms with E-state index in [1.807, 2.05) is 6.92 Å². The second kappa shape index (κ2) is 4.65. The minimum absolute atomic E-state index is 0.0134. The number of hydrogen-bond donors (Lipinski definition) is 2. The van der Waals surface area contributed by atoms with Crippen LogP contribution in [0.15, 0.2) is 6.20 Å². The van der Waals surface area contributed by atoms with Gasteiger partial charge in [0.2, 0.25) is 0 Å². The van der Waals surface area contributed by atoms with Crippen LogP contribution in [0.3, 0.4) is 0 Å². The van der Waals surface area contributed by atoms with Gasteiger partial charge in [-0.1, -0.05) is 0 Å². The zero-order chi connectivity index (χ0) is 11.5. The highest BCUT2D eigenvalue weighted by Gasteiger charge is 2.30. The van der Waals surface area contributed by atoms with E-state index in [0.717, 1.165) is 18.5 Å². The SMILES string of the molecule is COC[C@H](C)NC(=O)c1cn[nH]c1C1CC1. The summed E-state index contributed by atoms with van der Waals surface area (Å²) in [5, 5.41) is 9.73. The lowest BCUT2D eigenvalue weighted by atomic mass is 10.1. The third-order valence-electron chi connectivity index (χ3n) is 2.69.